The molecule has 0 aromatic carbocycles. The largest absolute Gasteiger partial charge is 0.377 e. The van der Waals surface area contributed by atoms with Crippen LogP contribution in [0.25, 0.3) is 0 Å². The van der Waals surface area contributed by atoms with Crippen molar-refractivity contribution in [1.29, 1.82) is 0 Å². The van der Waals surface area contributed by atoms with Crippen LogP contribution in [0.5, 0.6) is 0 Å². The van der Waals surface area contributed by atoms with Crippen molar-refractivity contribution in [3.8, 4) is 0 Å². The normalized spacial score (nSPS) is 30.5. The lowest BCUT2D eigenvalue weighted by atomic mass is 9.92. The fourth-order valence-corrected chi connectivity index (χ4v) is 2.01. The van der Waals surface area contributed by atoms with Crippen molar-refractivity contribution in [2.45, 2.75) is 51.7 Å². The van der Waals surface area contributed by atoms with E-state index < -0.39 is 0 Å². The smallest absolute Gasteiger partial charge is 0.0727 e. The Kier molecular flexibility index (Phi) is 4.62. The highest BCUT2D eigenvalue weighted by Gasteiger charge is 2.23. The summed E-state index contributed by atoms with van der Waals surface area (Å²) in [7, 11) is 0. The highest BCUT2D eigenvalue weighted by molar-refractivity contribution is 4.81. The molecule has 1 N–H and O–H groups in total. The molecule has 1 rings (SSSR count). The van der Waals surface area contributed by atoms with Gasteiger partial charge in [-0.3, -0.25) is 0 Å². The molecular weight excluding hydrogens is 150 g/mol. The molecule has 0 aliphatic heterocycles. The summed E-state index contributed by atoms with van der Waals surface area (Å²) in [5.74, 6) is 0. The minimum Gasteiger partial charge on any atom is -0.377 e. The van der Waals surface area contributed by atoms with Gasteiger partial charge in [0.05, 0.1) is 6.10 Å². The molecule has 0 aromatic rings. The fourth-order valence-electron chi connectivity index (χ4n) is 2.01. The molecule has 2 heteroatoms. The van der Waals surface area contributed by atoms with Crippen LogP contribution in [0.4, 0.5) is 0 Å². The monoisotopic (exact) mass is 171 g/mol. The van der Waals surface area contributed by atoms with Gasteiger partial charge >= 0.3 is 0 Å². The van der Waals surface area contributed by atoms with E-state index in [4.69, 9.17) is 4.74 Å². The van der Waals surface area contributed by atoms with Crippen LogP contribution in [-0.2, 0) is 4.74 Å². The predicted octanol–water partition coefficient (Wildman–Crippen LogP) is 1.94. The van der Waals surface area contributed by atoms with Crippen LogP contribution in [0.15, 0.2) is 0 Å². The molecule has 1 aliphatic rings. The SMILES string of the molecule is CCN[C@@H]1CCCC[C@H]1OCC. The lowest BCUT2D eigenvalue weighted by Crippen LogP contribution is -2.43. The number of likely N-dealkylation sites (N-methyl/N-ethyl adjacent to an activating group) is 1. The third-order valence-electron chi connectivity index (χ3n) is 2.55. The fraction of sp³-hybridized carbons (Fsp3) is 1.00. The molecule has 0 unspecified atom stereocenters. The summed E-state index contributed by atoms with van der Waals surface area (Å²) in [5, 5.41) is 3.49. The molecule has 72 valence electrons. The first-order valence-electron chi connectivity index (χ1n) is 5.23. The molecule has 0 amide bonds. The second kappa shape index (κ2) is 5.55. The Labute approximate surface area is 75.7 Å². The minimum absolute atomic E-state index is 0.476. The molecule has 0 aromatic heterocycles. The van der Waals surface area contributed by atoms with Gasteiger partial charge in [0.2, 0.25) is 0 Å². The Morgan fingerprint density at radius 2 is 2.00 bits per heavy atom. The summed E-state index contributed by atoms with van der Waals surface area (Å²) in [6.45, 7) is 6.16. The Morgan fingerprint density at radius 3 is 2.67 bits per heavy atom. The van der Waals surface area contributed by atoms with Gasteiger partial charge in [-0.25, -0.2) is 0 Å². The van der Waals surface area contributed by atoms with Gasteiger partial charge in [0, 0.05) is 12.6 Å². The van der Waals surface area contributed by atoms with Crippen molar-refractivity contribution in [3.63, 3.8) is 0 Å². The van der Waals surface area contributed by atoms with Gasteiger partial charge in [0.15, 0.2) is 0 Å². The van der Waals surface area contributed by atoms with Crippen LogP contribution in [0.3, 0.4) is 0 Å². The Bertz CT molecular complexity index is 98.4. The van der Waals surface area contributed by atoms with Crippen LogP contribution >= 0.6 is 0 Å². The van der Waals surface area contributed by atoms with Gasteiger partial charge in [0.1, 0.15) is 0 Å². The lowest BCUT2D eigenvalue weighted by molar-refractivity contribution is 0.0128. The van der Waals surface area contributed by atoms with Crippen LogP contribution in [0.2, 0.25) is 0 Å². The van der Waals surface area contributed by atoms with Gasteiger partial charge in [-0.1, -0.05) is 19.8 Å². The molecule has 0 spiro atoms. The number of hydrogen-bond donors (Lipinski definition) is 1. The highest BCUT2D eigenvalue weighted by Crippen LogP contribution is 2.20. The second-order valence-electron chi connectivity index (χ2n) is 3.44. The number of rotatable bonds is 4. The van der Waals surface area contributed by atoms with Crippen molar-refractivity contribution in [2.24, 2.45) is 0 Å². The summed E-state index contributed by atoms with van der Waals surface area (Å²) < 4.78 is 5.69. The Hall–Kier alpha value is -0.0800. The summed E-state index contributed by atoms with van der Waals surface area (Å²) in [6.07, 6.45) is 5.71. The topological polar surface area (TPSA) is 21.3 Å². The van der Waals surface area contributed by atoms with Crippen LogP contribution in [0, 0.1) is 0 Å². The molecule has 2 atom stereocenters. The van der Waals surface area contributed by atoms with E-state index in [9.17, 15) is 0 Å². The standard InChI is InChI=1S/C10H21NO/c1-3-11-9-7-5-6-8-10(9)12-4-2/h9-11H,3-8H2,1-2H3/t9-,10-/m1/s1. The maximum Gasteiger partial charge on any atom is 0.0727 e. The average molecular weight is 171 g/mol. The van der Waals surface area contributed by atoms with Gasteiger partial charge in [-0.05, 0) is 26.3 Å². The maximum atomic E-state index is 5.69. The summed E-state index contributed by atoms with van der Waals surface area (Å²) in [5.41, 5.74) is 0. The van der Waals surface area contributed by atoms with Crippen molar-refractivity contribution in [3.05, 3.63) is 0 Å². The summed E-state index contributed by atoms with van der Waals surface area (Å²) >= 11 is 0. The minimum atomic E-state index is 0.476. The van der Waals surface area contributed by atoms with Gasteiger partial charge < -0.3 is 10.1 Å². The zero-order valence-corrected chi connectivity index (χ0v) is 8.31. The number of nitrogens with one attached hydrogen (secondary N) is 1. The van der Waals surface area contributed by atoms with E-state index in [1.807, 2.05) is 0 Å². The second-order valence-corrected chi connectivity index (χ2v) is 3.44. The van der Waals surface area contributed by atoms with E-state index in [2.05, 4.69) is 19.2 Å². The maximum absolute atomic E-state index is 5.69. The molecule has 12 heavy (non-hydrogen) atoms. The number of hydrogen-bond acceptors (Lipinski definition) is 2. The van der Waals surface area contributed by atoms with Crippen LogP contribution in [-0.4, -0.2) is 25.3 Å². The van der Waals surface area contributed by atoms with Crippen molar-refractivity contribution >= 4 is 0 Å². The molecule has 1 saturated carbocycles. The van der Waals surface area contributed by atoms with Crippen LogP contribution < -0.4 is 5.32 Å². The molecule has 2 nitrogen and oxygen atoms in total. The van der Waals surface area contributed by atoms with Gasteiger partial charge in [-0.2, -0.15) is 0 Å². The van der Waals surface area contributed by atoms with Crippen LogP contribution in [0.1, 0.15) is 39.5 Å². The van der Waals surface area contributed by atoms with Crippen molar-refractivity contribution < 1.29 is 4.74 Å². The average Bonchev–Trinajstić information content (AvgIpc) is 2.09. The highest BCUT2D eigenvalue weighted by atomic mass is 16.5. The molecule has 0 bridgehead atoms. The molecule has 0 radical (unpaired) electrons. The lowest BCUT2D eigenvalue weighted by Gasteiger charge is -2.31. The van der Waals surface area contributed by atoms with E-state index in [0.29, 0.717) is 12.1 Å². The number of ether oxygens (including phenoxy) is 1. The van der Waals surface area contributed by atoms with E-state index in [0.717, 1.165) is 13.2 Å². The molecule has 1 aliphatic carbocycles. The first-order valence-corrected chi connectivity index (χ1v) is 5.23. The first kappa shape index (κ1) is 10.0. The quantitative estimate of drug-likeness (QED) is 0.698. The van der Waals surface area contributed by atoms with Gasteiger partial charge in [0.25, 0.3) is 0 Å². The molecule has 0 heterocycles. The molecule has 0 saturated heterocycles. The van der Waals surface area contributed by atoms with Crippen molar-refractivity contribution in [2.75, 3.05) is 13.2 Å². The molecular formula is C10H21NO. The molecule has 1 fully saturated rings. The van der Waals surface area contributed by atoms with E-state index in [-0.39, 0.29) is 0 Å². The Balaban J connectivity index is 2.31. The third kappa shape index (κ3) is 2.76. The Morgan fingerprint density at radius 1 is 1.25 bits per heavy atom. The van der Waals surface area contributed by atoms with E-state index >= 15 is 0 Å². The van der Waals surface area contributed by atoms with E-state index in [1.165, 1.54) is 25.7 Å². The van der Waals surface area contributed by atoms with E-state index in [1.54, 1.807) is 0 Å². The zero-order valence-electron chi connectivity index (χ0n) is 8.31. The summed E-state index contributed by atoms with van der Waals surface area (Å²) in [4.78, 5) is 0. The zero-order chi connectivity index (χ0) is 8.81. The first-order chi connectivity index (χ1) is 5.88. The third-order valence-corrected chi connectivity index (χ3v) is 2.55. The van der Waals surface area contributed by atoms with Crippen molar-refractivity contribution in [1.82, 2.24) is 5.32 Å². The van der Waals surface area contributed by atoms with Gasteiger partial charge in [-0.15, -0.1) is 0 Å². The summed E-state index contributed by atoms with van der Waals surface area (Å²) in [6, 6.07) is 0.615. The predicted molar refractivity (Wildman–Crippen MR) is 51.3 cm³/mol.